The second-order valence-corrected chi connectivity index (χ2v) is 6.53. The number of carbonyl (C=O) groups is 1. The summed E-state index contributed by atoms with van der Waals surface area (Å²) < 4.78 is 24.8. The monoisotopic (exact) mass is 371 g/mol. The molecule has 0 saturated carbocycles. The zero-order valence-electron chi connectivity index (χ0n) is 13.6. The normalized spacial score (nSPS) is 13.7. The van der Waals surface area contributed by atoms with Gasteiger partial charge in [-0.15, -0.1) is 0 Å². The van der Waals surface area contributed by atoms with Crippen molar-refractivity contribution in [2.24, 2.45) is 0 Å². The van der Waals surface area contributed by atoms with Crippen LogP contribution in [0.5, 0.6) is 0 Å². The van der Waals surface area contributed by atoms with Crippen LogP contribution in [0.1, 0.15) is 5.69 Å². The molecule has 4 rings (SSSR count). The lowest BCUT2D eigenvalue weighted by molar-refractivity contribution is -0.120. The molecule has 0 atom stereocenters. The maximum Gasteiger partial charge on any atom is 0.298 e. The van der Waals surface area contributed by atoms with Gasteiger partial charge in [0.1, 0.15) is 25.3 Å². The molecule has 0 saturated heterocycles. The Labute approximate surface area is 152 Å². The van der Waals surface area contributed by atoms with E-state index in [9.17, 15) is 9.18 Å². The number of hydrogen-bond acceptors (Lipinski definition) is 6. The number of rotatable bonds is 4. The Bertz CT molecular complexity index is 974. The van der Waals surface area contributed by atoms with Crippen LogP contribution in [-0.2, 0) is 20.8 Å². The lowest BCUT2D eigenvalue weighted by atomic mass is 10.3. The molecule has 0 N–H and O–H groups in total. The van der Waals surface area contributed by atoms with Gasteiger partial charge in [0.15, 0.2) is 5.13 Å². The van der Waals surface area contributed by atoms with E-state index in [2.05, 4.69) is 9.97 Å². The van der Waals surface area contributed by atoms with Gasteiger partial charge in [0, 0.05) is 6.20 Å². The third-order valence-electron chi connectivity index (χ3n) is 3.72. The van der Waals surface area contributed by atoms with Gasteiger partial charge in [0.2, 0.25) is 5.76 Å². The lowest BCUT2D eigenvalue weighted by Gasteiger charge is -2.22. The predicted octanol–water partition coefficient (Wildman–Crippen LogP) is 3.25. The molecule has 6 nitrogen and oxygen atoms in total. The Morgan fingerprint density at radius 2 is 2.19 bits per heavy atom. The van der Waals surface area contributed by atoms with Crippen LogP contribution in [0.25, 0.3) is 10.2 Å². The van der Waals surface area contributed by atoms with Gasteiger partial charge in [-0.05, 0) is 30.3 Å². The first-order valence-corrected chi connectivity index (χ1v) is 8.75. The van der Waals surface area contributed by atoms with E-state index in [-0.39, 0.29) is 24.0 Å². The Kier molecular flexibility index (Phi) is 4.49. The lowest BCUT2D eigenvalue weighted by Crippen LogP contribution is -2.34. The van der Waals surface area contributed by atoms with Gasteiger partial charge < -0.3 is 9.47 Å². The SMILES string of the molecule is O=C(C1=COCCO1)N(Cc1ccccn1)c1nc2ccc(F)cc2s1. The van der Waals surface area contributed by atoms with E-state index in [1.54, 1.807) is 18.3 Å². The standard InChI is InChI=1S/C18H14FN3O3S/c19-12-4-5-14-16(9-12)26-18(21-14)22(10-13-3-1-2-6-20-13)17(23)15-11-24-7-8-25-15/h1-6,9,11H,7-8,10H2. The first-order valence-electron chi connectivity index (χ1n) is 7.93. The van der Waals surface area contributed by atoms with Gasteiger partial charge >= 0.3 is 0 Å². The van der Waals surface area contributed by atoms with Crippen molar-refractivity contribution in [1.29, 1.82) is 0 Å². The van der Waals surface area contributed by atoms with Crippen LogP contribution in [0.3, 0.4) is 0 Å². The van der Waals surface area contributed by atoms with Gasteiger partial charge in [0.05, 0.1) is 22.5 Å². The number of hydrogen-bond donors (Lipinski definition) is 0. The van der Waals surface area contributed by atoms with Crippen molar-refractivity contribution in [3.8, 4) is 0 Å². The summed E-state index contributed by atoms with van der Waals surface area (Å²) in [7, 11) is 0. The number of nitrogens with zero attached hydrogens (tertiary/aromatic N) is 3. The van der Waals surface area contributed by atoms with E-state index < -0.39 is 0 Å². The second-order valence-electron chi connectivity index (χ2n) is 5.52. The zero-order chi connectivity index (χ0) is 17.9. The van der Waals surface area contributed by atoms with Gasteiger partial charge in [-0.3, -0.25) is 14.7 Å². The minimum Gasteiger partial charge on any atom is -0.494 e. The number of amides is 1. The molecule has 8 heteroatoms. The average Bonchev–Trinajstić information content (AvgIpc) is 3.10. The summed E-state index contributed by atoms with van der Waals surface area (Å²) in [5.41, 5.74) is 1.32. The minimum absolute atomic E-state index is 0.109. The third-order valence-corrected chi connectivity index (χ3v) is 4.76. The molecule has 0 radical (unpaired) electrons. The highest BCUT2D eigenvalue weighted by atomic mass is 32.1. The summed E-state index contributed by atoms with van der Waals surface area (Å²) in [6.07, 6.45) is 2.97. The highest BCUT2D eigenvalue weighted by molar-refractivity contribution is 7.22. The van der Waals surface area contributed by atoms with Crippen LogP contribution in [-0.4, -0.2) is 29.1 Å². The second kappa shape index (κ2) is 7.09. The molecule has 1 aliphatic heterocycles. The molecule has 132 valence electrons. The zero-order valence-corrected chi connectivity index (χ0v) is 14.4. The molecular weight excluding hydrogens is 357 g/mol. The largest absolute Gasteiger partial charge is 0.494 e. The van der Waals surface area contributed by atoms with Crippen LogP contribution in [0.4, 0.5) is 9.52 Å². The van der Waals surface area contributed by atoms with Crippen molar-refractivity contribution in [2.75, 3.05) is 18.1 Å². The minimum atomic E-state index is -0.380. The number of thiazole rings is 1. The van der Waals surface area contributed by atoms with Crippen molar-refractivity contribution in [3.63, 3.8) is 0 Å². The van der Waals surface area contributed by atoms with Crippen molar-refractivity contribution < 1.29 is 18.7 Å². The van der Waals surface area contributed by atoms with Crippen LogP contribution < -0.4 is 4.90 Å². The smallest absolute Gasteiger partial charge is 0.298 e. The van der Waals surface area contributed by atoms with E-state index in [1.165, 1.54) is 34.6 Å². The van der Waals surface area contributed by atoms with Crippen molar-refractivity contribution in [3.05, 3.63) is 66.1 Å². The topological polar surface area (TPSA) is 64.6 Å². The van der Waals surface area contributed by atoms with E-state index in [1.807, 2.05) is 12.1 Å². The van der Waals surface area contributed by atoms with Gasteiger partial charge in [0.25, 0.3) is 5.91 Å². The summed E-state index contributed by atoms with van der Waals surface area (Å²) in [5.74, 6) is -0.616. The van der Waals surface area contributed by atoms with Gasteiger partial charge in [-0.2, -0.15) is 0 Å². The van der Waals surface area contributed by atoms with E-state index >= 15 is 0 Å². The molecule has 0 aliphatic carbocycles. The Morgan fingerprint density at radius 3 is 2.96 bits per heavy atom. The van der Waals surface area contributed by atoms with Crippen LogP contribution in [0.15, 0.2) is 54.6 Å². The van der Waals surface area contributed by atoms with Gasteiger partial charge in [-0.1, -0.05) is 17.4 Å². The van der Waals surface area contributed by atoms with E-state index in [4.69, 9.17) is 9.47 Å². The van der Waals surface area contributed by atoms with Gasteiger partial charge in [-0.25, -0.2) is 9.37 Å². The Balaban J connectivity index is 1.73. The molecule has 1 amide bonds. The first kappa shape index (κ1) is 16.5. The fourth-order valence-electron chi connectivity index (χ4n) is 2.50. The number of anilines is 1. The van der Waals surface area contributed by atoms with Crippen LogP contribution >= 0.6 is 11.3 Å². The molecule has 0 fully saturated rings. The number of benzene rings is 1. The van der Waals surface area contributed by atoms with Crippen molar-refractivity contribution in [2.45, 2.75) is 6.54 Å². The molecule has 1 aliphatic rings. The summed E-state index contributed by atoms with van der Waals surface area (Å²) in [5, 5.41) is 0.441. The Hall–Kier alpha value is -3.00. The molecule has 0 bridgehead atoms. The number of carbonyl (C=O) groups excluding carboxylic acids is 1. The fourth-order valence-corrected chi connectivity index (χ4v) is 3.48. The van der Waals surface area contributed by atoms with Crippen LogP contribution in [0.2, 0.25) is 0 Å². The van der Waals surface area contributed by atoms with Crippen molar-refractivity contribution in [1.82, 2.24) is 9.97 Å². The predicted molar refractivity (Wildman–Crippen MR) is 95.0 cm³/mol. The van der Waals surface area contributed by atoms with Crippen LogP contribution in [0, 0.1) is 5.82 Å². The van der Waals surface area contributed by atoms with E-state index in [0.717, 1.165) is 0 Å². The number of aromatic nitrogens is 2. The van der Waals surface area contributed by atoms with E-state index in [0.29, 0.717) is 34.3 Å². The first-order chi connectivity index (χ1) is 12.7. The maximum atomic E-state index is 13.5. The fraction of sp³-hybridized carbons (Fsp3) is 0.167. The Morgan fingerprint density at radius 1 is 1.27 bits per heavy atom. The summed E-state index contributed by atoms with van der Waals surface area (Å²) in [4.78, 5) is 23.2. The summed E-state index contributed by atoms with van der Waals surface area (Å²) in [6.45, 7) is 0.917. The summed E-state index contributed by atoms with van der Waals surface area (Å²) in [6, 6.07) is 9.80. The molecule has 26 heavy (non-hydrogen) atoms. The molecule has 1 aromatic carbocycles. The number of halogens is 1. The highest BCUT2D eigenvalue weighted by Gasteiger charge is 2.26. The number of pyridine rings is 1. The number of ether oxygens (including phenoxy) is 2. The quantitative estimate of drug-likeness (QED) is 0.704. The molecule has 2 aromatic heterocycles. The molecule has 3 aromatic rings. The molecule has 3 heterocycles. The highest BCUT2D eigenvalue weighted by Crippen LogP contribution is 2.31. The van der Waals surface area contributed by atoms with Crippen molar-refractivity contribution >= 4 is 32.6 Å². The molecule has 0 spiro atoms. The number of fused-ring (bicyclic) bond motifs is 1. The third kappa shape index (κ3) is 3.36. The molecule has 0 unspecified atom stereocenters. The average molecular weight is 371 g/mol. The maximum absolute atomic E-state index is 13.5. The molecular formula is C18H14FN3O3S. The summed E-state index contributed by atoms with van der Waals surface area (Å²) >= 11 is 1.23.